The summed E-state index contributed by atoms with van der Waals surface area (Å²) in [5, 5.41) is 3.05. The molecule has 2 aromatic rings. The molecule has 2 N–H and O–H groups in total. The second-order valence-electron chi connectivity index (χ2n) is 6.36. The molecule has 0 radical (unpaired) electrons. The summed E-state index contributed by atoms with van der Waals surface area (Å²) in [5.41, 5.74) is 4.44. The van der Waals surface area contributed by atoms with E-state index >= 15 is 0 Å². The molecule has 5 nitrogen and oxygen atoms in total. The number of rotatable bonds is 7. The van der Waals surface area contributed by atoms with Crippen molar-refractivity contribution in [2.45, 2.75) is 40.2 Å². The molecule has 0 unspecified atom stereocenters. The van der Waals surface area contributed by atoms with E-state index in [1.54, 1.807) is 31.2 Å². The summed E-state index contributed by atoms with van der Waals surface area (Å²) in [4.78, 5) is 12.5. The molecule has 0 aliphatic carbocycles. The summed E-state index contributed by atoms with van der Waals surface area (Å²) in [6.07, 6.45) is 0.780. The van der Waals surface area contributed by atoms with Gasteiger partial charge in [-0.3, -0.25) is 9.52 Å². The summed E-state index contributed by atoms with van der Waals surface area (Å²) in [7, 11) is -3.32. The molecule has 0 spiro atoms. The molecule has 2 rings (SSSR count). The Morgan fingerprint density at radius 1 is 1.00 bits per heavy atom. The third-order valence-electron chi connectivity index (χ3n) is 4.45. The number of amides is 1. The van der Waals surface area contributed by atoms with Crippen molar-refractivity contribution in [1.82, 2.24) is 5.32 Å². The number of benzene rings is 2. The van der Waals surface area contributed by atoms with Gasteiger partial charge in [0.25, 0.3) is 5.91 Å². The van der Waals surface area contributed by atoms with E-state index in [4.69, 9.17) is 0 Å². The normalized spacial score (nSPS) is 12.5. The van der Waals surface area contributed by atoms with Gasteiger partial charge in [-0.2, -0.15) is 0 Å². The van der Waals surface area contributed by atoms with Crippen molar-refractivity contribution in [3.8, 4) is 0 Å². The molecule has 0 saturated carbocycles. The molecule has 0 heterocycles. The van der Waals surface area contributed by atoms with Crippen molar-refractivity contribution < 1.29 is 13.2 Å². The molecule has 140 valence electrons. The van der Waals surface area contributed by atoms with Gasteiger partial charge in [-0.1, -0.05) is 25.1 Å². The van der Waals surface area contributed by atoms with E-state index in [1.165, 1.54) is 11.1 Å². The molecule has 0 bridgehead atoms. The standard InChI is InChI=1S/C20H26N2O3S/c1-5-19(17-8-7-14(3)15(4)13-17)21-20(23)16-9-11-18(12-10-16)22-26(24,25)6-2/h7-13,19,22H,5-6H2,1-4H3,(H,21,23)/t19-/m1/s1. The zero-order valence-corrected chi connectivity index (χ0v) is 16.5. The van der Waals surface area contributed by atoms with Crippen molar-refractivity contribution in [3.05, 3.63) is 64.7 Å². The Labute approximate surface area is 155 Å². The fourth-order valence-corrected chi connectivity index (χ4v) is 3.22. The van der Waals surface area contributed by atoms with Crippen molar-refractivity contribution in [2.75, 3.05) is 10.5 Å². The summed E-state index contributed by atoms with van der Waals surface area (Å²) in [6, 6.07) is 12.6. The van der Waals surface area contributed by atoms with Crippen LogP contribution >= 0.6 is 0 Å². The lowest BCUT2D eigenvalue weighted by atomic mass is 9.99. The van der Waals surface area contributed by atoms with E-state index in [0.29, 0.717) is 11.3 Å². The first-order valence-corrected chi connectivity index (χ1v) is 10.4. The van der Waals surface area contributed by atoms with Crippen molar-refractivity contribution in [3.63, 3.8) is 0 Å². The van der Waals surface area contributed by atoms with E-state index in [9.17, 15) is 13.2 Å². The van der Waals surface area contributed by atoms with Crippen molar-refractivity contribution >= 4 is 21.6 Å². The van der Waals surface area contributed by atoms with Crippen LogP contribution in [0.3, 0.4) is 0 Å². The average molecular weight is 375 g/mol. The van der Waals surface area contributed by atoms with Crippen LogP contribution in [-0.4, -0.2) is 20.1 Å². The van der Waals surface area contributed by atoms with Crippen LogP contribution in [0.1, 0.15) is 53.4 Å². The second-order valence-corrected chi connectivity index (χ2v) is 8.37. The quantitative estimate of drug-likeness (QED) is 0.771. The second kappa shape index (κ2) is 8.36. The van der Waals surface area contributed by atoms with Crippen LogP contribution in [0.4, 0.5) is 5.69 Å². The molecule has 0 fully saturated rings. The van der Waals surface area contributed by atoms with E-state index < -0.39 is 10.0 Å². The monoisotopic (exact) mass is 374 g/mol. The minimum Gasteiger partial charge on any atom is -0.345 e. The number of sulfonamides is 1. The van der Waals surface area contributed by atoms with Crippen LogP contribution in [0.25, 0.3) is 0 Å². The zero-order valence-electron chi connectivity index (χ0n) is 15.7. The topological polar surface area (TPSA) is 75.3 Å². The maximum absolute atomic E-state index is 12.5. The SMILES string of the molecule is CC[C@@H](NC(=O)c1ccc(NS(=O)(=O)CC)cc1)c1ccc(C)c(C)c1. The summed E-state index contributed by atoms with van der Waals surface area (Å²) < 4.78 is 25.6. The maximum Gasteiger partial charge on any atom is 0.251 e. The third-order valence-corrected chi connectivity index (χ3v) is 5.75. The Morgan fingerprint density at radius 2 is 1.65 bits per heavy atom. The first kappa shape index (κ1) is 20.0. The van der Waals surface area contributed by atoms with Crippen LogP contribution in [0.5, 0.6) is 0 Å². The van der Waals surface area contributed by atoms with E-state index in [-0.39, 0.29) is 17.7 Å². The molecular formula is C20H26N2O3S. The Hall–Kier alpha value is -2.34. The maximum atomic E-state index is 12.5. The smallest absolute Gasteiger partial charge is 0.251 e. The first-order valence-electron chi connectivity index (χ1n) is 8.74. The minimum atomic E-state index is -3.32. The number of hydrogen-bond donors (Lipinski definition) is 2. The summed E-state index contributed by atoms with van der Waals surface area (Å²) in [6.45, 7) is 7.72. The predicted octanol–water partition coefficient (Wildman–Crippen LogP) is 3.95. The summed E-state index contributed by atoms with van der Waals surface area (Å²) >= 11 is 0. The molecule has 0 aromatic heterocycles. The van der Waals surface area contributed by atoms with E-state index in [1.807, 2.05) is 13.0 Å². The number of aryl methyl sites for hydroxylation is 2. The number of carbonyl (C=O) groups excluding carboxylic acids is 1. The molecule has 6 heteroatoms. The Bertz CT molecular complexity index is 874. The van der Waals surface area contributed by atoms with Gasteiger partial charge in [0.2, 0.25) is 10.0 Å². The van der Waals surface area contributed by atoms with Gasteiger partial charge in [-0.25, -0.2) is 8.42 Å². The van der Waals surface area contributed by atoms with Crippen LogP contribution < -0.4 is 10.0 Å². The van der Waals surface area contributed by atoms with Gasteiger partial charge in [0.15, 0.2) is 0 Å². The largest absolute Gasteiger partial charge is 0.345 e. The lowest BCUT2D eigenvalue weighted by Crippen LogP contribution is -2.28. The molecule has 26 heavy (non-hydrogen) atoms. The van der Waals surface area contributed by atoms with Crippen LogP contribution in [0, 0.1) is 13.8 Å². The number of carbonyl (C=O) groups is 1. The molecule has 0 aliphatic rings. The minimum absolute atomic E-state index is 0.00336. The molecule has 0 saturated heterocycles. The predicted molar refractivity (Wildman–Crippen MR) is 106 cm³/mol. The highest BCUT2D eigenvalue weighted by Gasteiger charge is 2.15. The Balaban J connectivity index is 2.11. The van der Waals surface area contributed by atoms with Crippen LogP contribution in [-0.2, 0) is 10.0 Å². The van der Waals surface area contributed by atoms with E-state index in [0.717, 1.165) is 12.0 Å². The highest BCUT2D eigenvalue weighted by atomic mass is 32.2. The van der Waals surface area contributed by atoms with Gasteiger partial charge in [-0.15, -0.1) is 0 Å². The molecule has 0 aliphatic heterocycles. The molecule has 1 amide bonds. The third kappa shape index (κ3) is 5.08. The molecule has 1 atom stereocenters. The fourth-order valence-electron chi connectivity index (χ4n) is 2.59. The molecular weight excluding hydrogens is 348 g/mol. The lowest BCUT2D eigenvalue weighted by Gasteiger charge is -2.19. The summed E-state index contributed by atoms with van der Waals surface area (Å²) in [5.74, 6) is -0.177. The van der Waals surface area contributed by atoms with E-state index in [2.05, 4.69) is 36.0 Å². The lowest BCUT2D eigenvalue weighted by molar-refractivity contribution is 0.0935. The zero-order chi connectivity index (χ0) is 19.3. The first-order chi connectivity index (χ1) is 12.3. The average Bonchev–Trinajstić information content (AvgIpc) is 2.62. The van der Waals surface area contributed by atoms with Gasteiger partial charge in [0.1, 0.15) is 0 Å². The van der Waals surface area contributed by atoms with Gasteiger partial charge >= 0.3 is 0 Å². The van der Waals surface area contributed by atoms with Gasteiger partial charge < -0.3 is 5.32 Å². The Morgan fingerprint density at radius 3 is 2.19 bits per heavy atom. The van der Waals surface area contributed by atoms with Crippen molar-refractivity contribution in [1.29, 1.82) is 0 Å². The van der Waals surface area contributed by atoms with Gasteiger partial charge in [-0.05, 0) is 68.1 Å². The molecule has 2 aromatic carbocycles. The van der Waals surface area contributed by atoms with Crippen molar-refractivity contribution in [2.24, 2.45) is 0 Å². The highest BCUT2D eigenvalue weighted by molar-refractivity contribution is 7.92. The van der Waals surface area contributed by atoms with Crippen LogP contribution in [0.2, 0.25) is 0 Å². The highest BCUT2D eigenvalue weighted by Crippen LogP contribution is 2.21. The fraction of sp³-hybridized carbons (Fsp3) is 0.350. The van der Waals surface area contributed by atoms with Crippen LogP contribution in [0.15, 0.2) is 42.5 Å². The number of anilines is 1. The number of hydrogen-bond acceptors (Lipinski definition) is 3. The number of nitrogens with one attached hydrogen (secondary N) is 2. The Kier molecular flexibility index (Phi) is 6.42. The van der Waals surface area contributed by atoms with Gasteiger partial charge in [0, 0.05) is 11.3 Å². The van der Waals surface area contributed by atoms with Gasteiger partial charge in [0.05, 0.1) is 11.8 Å².